The number of thioether (sulfide) groups is 2. The lowest BCUT2D eigenvalue weighted by Crippen LogP contribution is -2.60. The third kappa shape index (κ3) is 3.74. The van der Waals surface area contributed by atoms with Crippen LogP contribution in [0.5, 0.6) is 0 Å². The summed E-state index contributed by atoms with van der Waals surface area (Å²) in [5, 5.41) is 0. The van der Waals surface area contributed by atoms with E-state index in [4.69, 9.17) is 23.7 Å². The van der Waals surface area contributed by atoms with Crippen molar-refractivity contribution in [3.05, 3.63) is 9.81 Å². The second kappa shape index (κ2) is 7.42. The van der Waals surface area contributed by atoms with Gasteiger partial charge in [-0.2, -0.15) is 0 Å². The van der Waals surface area contributed by atoms with Gasteiger partial charge < -0.3 is 23.7 Å². The molecule has 3 atom stereocenters. The molecular weight excluding hydrogens is 390 g/mol. The lowest BCUT2D eigenvalue weighted by Gasteiger charge is -2.42. The molecule has 0 aromatic heterocycles. The highest BCUT2D eigenvalue weighted by Crippen LogP contribution is 2.54. The Hall–Kier alpha value is -0.450. The summed E-state index contributed by atoms with van der Waals surface area (Å²) in [5.41, 5.74) is -1.47. The van der Waals surface area contributed by atoms with E-state index < -0.39 is 35.5 Å². The molecule has 0 aliphatic carbocycles. The van der Waals surface area contributed by atoms with Gasteiger partial charge in [-0.15, -0.1) is 23.5 Å². The van der Waals surface area contributed by atoms with Crippen LogP contribution in [-0.2, 0) is 23.7 Å². The van der Waals surface area contributed by atoms with Crippen molar-refractivity contribution >= 4 is 29.6 Å². The van der Waals surface area contributed by atoms with Gasteiger partial charge in [-0.25, -0.2) is 4.79 Å². The molecule has 7 nitrogen and oxygen atoms in total. The Morgan fingerprint density at radius 2 is 1.89 bits per heavy atom. The summed E-state index contributed by atoms with van der Waals surface area (Å²) < 4.78 is 29.4. The minimum atomic E-state index is -1.14. The molecule has 0 unspecified atom stereocenters. The summed E-state index contributed by atoms with van der Waals surface area (Å²) in [4.78, 5) is 16.7. The predicted molar refractivity (Wildman–Crippen MR) is 105 cm³/mol. The second-order valence-electron chi connectivity index (χ2n) is 8.07. The Balaban J connectivity index is 2.01. The zero-order valence-electron chi connectivity index (χ0n) is 17.0. The minimum absolute atomic E-state index is 0.276. The first-order valence-corrected chi connectivity index (χ1v) is 10.9. The Morgan fingerprint density at radius 1 is 1.22 bits per heavy atom. The van der Waals surface area contributed by atoms with Gasteiger partial charge in [-0.05, 0) is 34.6 Å². The largest absolute Gasteiger partial charge is 0.444 e. The van der Waals surface area contributed by atoms with Crippen molar-refractivity contribution in [2.24, 2.45) is 0 Å². The maximum atomic E-state index is 13.1. The molecule has 1 amide bonds. The van der Waals surface area contributed by atoms with Crippen LogP contribution in [0.1, 0.15) is 34.6 Å². The van der Waals surface area contributed by atoms with Gasteiger partial charge in [0.15, 0.2) is 6.29 Å². The molecule has 0 bridgehead atoms. The van der Waals surface area contributed by atoms with E-state index in [0.29, 0.717) is 0 Å². The van der Waals surface area contributed by atoms with E-state index in [1.165, 1.54) is 0 Å². The molecule has 3 aliphatic heterocycles. The standard InChI is InChI=1S/C18H29NO6S2/c1-16(2,3)25-15(20)19-11(10-23-17(19,4)5)18(22-7)13-12(14(21-6)24-18)26-8-9-27-13/h11,14H,8-10H2,1-7H3/t11-,14+,18-/m1/s1. The average Bonchev–Trinajstić information content (AvgIpc) is 3.08. The van der Waals surface area contributed by atoms with E-state index >= 15 is 0 Å². The van der Waals surface area contributed by atoms with Crippen LogP contribution in [0, 0.1) is 0 Å². The van der Waals surface area contributed by atoms with Gasteiger partial charge in [-0.1, -0.05) is 0 Å². The first kappa shape index (κ1) is 21.3. The third-order valence-corrected chi connectivity index (χ3v) is 7.36. The molecule has 154 valence electrons. The van der Waals surface area contributed by atoms with Crippen molar-refractivity contribution in [3.8, 4) is 0 Å². The van der Waals surface area contributed by atoms with Crippen molar-refractivity contribution in [2.75, 3.05) is 32.3 Å². The summed E-state index contributed by atoms with van der Waals surface area (Å²) in [6.45, 7) is 9.51. The minimum Gasteiger partial charge on any atom is -0.444 e. The molecule has 3 rings (SSSR count). The topological polar surface area (TPSA) is 66.5 Å². The molecule has 9 heteroatoms. The molecule has 1 fully saturated rings. The molecule has 0 aromatic carbocycles. The molecule has 0 spiro atoms. The van der Waals surface area contributed by atoms with Gasteiger partial charge in [0.2, 0.25) is 5.79 Å². The number of rotatable bonds is 3. The van der Waals surface area contributed by atoms with E-state index in [-0.39, 0.29) is 6.61 Å². The van der Waals surface area contributed by atoms with E-state index in [1.54, 1.807) is 42.6 Å². The van der Waals surface area contributed by atoms with Crippen molar-refractivity contribution in [2.45, 2.75) is 64.1 Å². The molecule has 0 aromatic rings. The number of nitrogens with zero attached hydrogens (tertiary/aromatic N) is 1. The number of hydrogen-bond donors (Lipinski definition) is 0. The van der Waals surface area contributed by atoms with Crippen LogP contribution in [0.2, 0.25) is 0 Å². The van der Waals surface area contributed by atoms with Crippen LogP contribution in [0.3, 0.4) is 0 Å². The number of hydrogen-bond acceptors (Lipinski definition) is 8. The highest BCUT2D eigenvalue weighted by molar-refractivity contribution is 8.10. The molecule has 0 saturated carbocycles. The fraction of sp³-hybridized carbons (Fsp3) is 0.833. The van der Waals surface area contributed by atoms with Gasteiger partial charge in [0, 0.05) is 25.7 Å². The van der Waals surface area contributed by atoms with Crippen molar-refractivity contribution in [3.63, 3.8) is 0 Å². The van der Waals surface area contributed by atoms with E-state index in [0.717, 1.165) is 21.3 Å². The molecular formula is C18H29NO6S2. The van der Waals surface area contributed by atoms with Gasteiger partial charge in [0.05, 0.1) is 16.4 Å². The number of amides is 1. The number of methoxy groups -OCH3 is 2. The highest BCUT2D eigenvalue weighted by atomic mass is 32.2. The highest BCUT2D eigenvalue weighted by Gasteiger charge is 2.62. The summed E-state index contributed by atoms with van der Waals surface area (Å²) >= 11 is 3.41. The number of carbonyl (C=O) groups excluding carboxylic acids is 1. The lowest BCUT2D eigenvalue weighted by molar-refractivity contribution is -0.265. The Morgan fingerprint density at radius 3 is 2.48 bits per heavy atom. The van der Waals surface area contributed by atoms with Crippen LogP contribution in [0.4, 0.5) is 4.79 Å². The maximum absolute atomic E-state index is 13.1. The Labute approximate surface area is 169 Å². The maximum Gasteiger partial charge on any atom is 0.413 e. The van der Waals surface area contributed by atoms with E-state index in [2.05, 4.69) is 0 Å². The monoisotopic (exact) mass is 419 g/mol. The van der Waals surface area contributed by atoms with Crippen molar-refractivity contribution in [1.29, 1.82) is 0 Å². The van der Waals surface area contributed by atoms with Crippen molar-refractivity contribution < 1.29 is 28.5 Å². The normalized spacial score (nSPS) is 33.4. The summed E-state index contributed by atoms with van der Waals surface area (Å²) in [7, 11) is 3.21. The lowest BCUT2D eigenvalue weighted by atomic mass is 10.1. The zero-order valence-corrected chi connectivity index (χ0v) is 18.6. The van der Waals surface area contributed by atoms with Gasteiger partial charge in [0.25, 0.3) is 0 Å². The van der Waals surface area contributed by atoms with E-state index in [1.807, 2.05) is 34.6 Å². The zero-order chi connectivity index (χ0) is 20.0. The first-order chi connectivity index (χ1) is 12.6. The number of ether oxygens (including phenoxy) is 5. The van der Waals surface area contributed by atoms with Crippen LogP contribution in [0.25, 0.3) is 0 Å². The summed E-state index contributed by atoms with van der Waals surface area (Å²) in [6.07, 6.45) is -0.964. The molecule has 27 heavy (non-hydrogen) atoms. The second-order valence-corrected chi connectivity index (χ2v) is 10.3. The van der Waals surface area contributed by atoms with Crippen LogP contribution in [-0.4, -0.2) is 72.8 Å². The third-order valence-electron chi connectivity index (χ3n) is 4.66. The summed E-state index contributed by atoms with van der Waals surface area (Å²) in [5.74, 6) is 0.783. The molecule has 3 aliphatic rings. The van der Waals surface area contributed by atoms with Crippen molar-refractivity contribution in [1.82, 2.24) is 4.90 Å². The van der Waals surface area contributed by atoms with Crippen LogP contribution < -0.4 is 0 Å². The number of carbonyl (C=O) groups is 1. The van der Waals surface area contributed by atoms with Crippen LogP contribution in [0.15, 0.2) is 9.81 Å². The molecule has 1 saturated heterocycles. The molecule has 3 heterocycles. The van der Waals surface area contributed by atoms with Gasteiger partial charge in [-0.3, -0.25) is 4.90 Å². The predicted octanol–water partition coefficient (Wildman–Crippen LogP) is 3.40. The smallest absolute Gasteiger partial charge is 0.413 e. The average molecular weight is 420 g/mol. The Kier molecular flexibility index (Phi) is 5.85. The Bertz CT molecular complexity index is 632. The fourth-order valence-electron chi connectivity index (χ4n) is 3.55. The SMILES string of the molecule is CO[C@H]1O[C@](OC)([C@H]2COC(C)(C)N2C(=O)OC(C)(C)C)C2=C1SCCS2. The first-order valence-electron chi connectivity index (χ1n) is 8.98. The summed E-state index contributed by atoms with van der Waals surface area (Å²) in [6, 6.07) is -0.497. The fourth-order valence-corrected chi connectivity index (χ4v) is 6.25. The molecule has 0 N–H and O–H groups in total. The molecule has 0 radical (unpaired) electrons. The van der Waals surface area contributed by atoms with Gasteiger partial charge in [0.1, 0.15) is 17.4 Å². The van der Waals surface area contributed by atoms with Crippen LogP contribution >= 0.6 is 23.5 Å². The quantitative estimate of drug-likeness (QED) is 0.690. The van der Waals surface area contributed by atoms with E-state index in [9.17, 15) is 4.79 Å². The van der Waals surface area contributed by atoms with Gasteiger partial charge >= 0.3 is 6.09 Å².